The smallest absolute Gasteiger partial charge is 0.129 e. The molecule has 1 aliphatic rings. The molecule has 0 aromatic carbocycles. The molecule has 0 spiro atoms. The van der Waals surface area contributed by atoms with E-state index in [1.165, 1.54) is 0 Å². The summed E-state index contributed by atoms with van der Waals surface area (Å²) in [5, 5.41) is 0. The molecule has 0 aliphatic carbocycles. The van der Waals surface area contributed by atoms with Crippen LogP contribution in [-0.2, 0) is 17.7 Å². The topological polar surface area (TPSA) is 51.4 Å². The summed E-state index contributed by atoms with van der Waals surface area (Å²) in [4.78, 5) is 6.93. The van der Waals surface area contributed by atoms with E-state index in [1.54, 1.807) is 0 Å². The maximum atomic E-state index is 5.75. The fourth-order valence-corrected chi connectivity index (χ4v) is 2.51. The van der Waals surface area contributed by atoms with Crippen molar-refractivity contribution >= 4 is 5.82 Å². The van der Waals surface area contributed by atoms with Gasteiger partial charge in [-0.25, -0.2) is 4.98 Å². The zero-order valence-electron chi connectivity index (χ0n) is 11.5. The van der Waals surface area contributed by atoms with Gasteiger partial charge in [0, 0.05) is 25.9 Å². The van der Waals surface area contributed by atoms with Crippen LogP contribution in [-0.4, -0.2) is 30.8 Å². The van der Waals surface area contributed by atoms with E-state index < -0.39 is 0 Å². The average Bonchev–Trinajstić information content (AvgIpc) is 2.83. The predicted molar refractivity (Wildman–Crippen MR) is 73.7 cm³/mol. The molecule has 0 amide bonds. The molecule has 0 bridgehead atoms. The first-order valence-electron chi connectivity index (χ1n) is 6.70. The van der Waals surface area contributed by atoms with Gasteiger partial charge in [-0.3, -0.25) is 0 Å². The van der Waals surface area contributed by atoms with Crippen molar-refractivity contribution in [1.82, 2.24) is 4.98 Å². The first-order chi connectivity index (χ1) is 8.65. The molecular formula is C14H23N3O. The van der Waals surface area contributed by atoms with E-state index in [0.29, 0.717) is 12.6 Å². The minimum absolute atomic E-state index is 0.267. The molecule has 0 saturated carbocycles. The van der Waals surface area contributed by atoms with Gasteiger partial charge < -0.3 is 15.4 Å². The highest BCUT2D eigenvalue weighted by molar-refractivity contribution is 5.43. The van der Waals surface area contributed by atoms with Crippen LogP contribution < -0.4 is 10.6 Å². The predicted octanol–water partition coefficient (Wildman–Crippen LogP) is 1.72. The number of aryl methyl sites for hydroxylation is 1. The Hall–Kier alpha value is -1.13. The van der Waals surface area contributed by atoms with Crippen LogP contribution in [0.4, 0.5) is 5.82 Å². The Morgan fingerprint density at radius 1 is 1.50 bits per heavy atom. The maximum Gasteiger partial charge on any atom is 0.129 e. The third kappa shape index (κ3) is 2.65. The van der Waals surface area contributed by atoms with Gasteiger partial charge in [0.15, 0.2) is 0 Å². The van der Waals surface area contributed by atoms with Gasteiger partial charge in [0.2, 0.25) is 0 Å². The van der Waals surface area contributed by atoms with Crippen molar-refractivity contribution in [3.05, 3.63) is 23.4 Å². The number of rotatable bonds is 4. The molecule has 100 valence electrons. The van der Waals surface area contributed by atoms with E-state index in [9.17, 15) is 0 Å². The lowest BCUT2D eigenvalue weighted by Crippen LogP contribution is -2.37. The Morgan fingerprint density at radius 2 is 2.28 bits per heavy atom. The van der Waals surface area contributed by atoms with Gasteiger partial charge in [-0.05, 0) is 37.5 Å². The maximum absolute atomic E-state index is 5.75. The lowest BCUT2D eigenvalue weighted by molar-refractivity contribution is 0.118. The minimum atomic E-state index is 0.267. The van der Waals surface area contributed by atoms with Crippen LogP contribution in [0.1, 0.15) is 31.5 Å². The summed E-state index contributed by atoms with van der Waals surface area (Å²) in [5.74, 6) is 1.01. The second kappa shape index (κ2) is 5.67. The molecule has 18 heavy (non-hydrogen) atoms. The highest BCUT2D eigenvalue weighted by atomic mass is 16.5. The van der Waals surface area contributed by atoms with Gasteiger partial charge in [0.1, 0.15) is 5.82 Å². The summed E-state index contributed by atoms with van der Waals surface area (Å²) in [5.41, 5.74) is 8.00. The molecule has 4 nitrogen and oxygen atoms in total. The van der Waals surface area contributed by atoms with Crippen molar-refractivity contribution in [3.8, 4) is 0 Å². The lowest BCUT2D eigenvalue weighted by Gasteiger charge is -2.28. The lowest BCUT2D eigenvalue weighted by atomic mass is 10.1. The fourth-order valence-electron chi connectivity index (χ4n) is 2.51. The number of hydrogen-bond donors (Lipinski definition) is 1. The number of pyridine rings is 1. The number of hydrogen-bond acceptors (Lipinski definition) is 4. The van der Waals surface area contributed by atoms with E-state index in [4.69, 9.17) is 15.5 Å². The normalized spacial score (nSPS) is 23.3. The summed E-state index contributed by atoms with van der Waals surface area (Å²) >= 11 is 0. The highest BCUT2D eigenvalue weighted by Gasteiger charge is 2.28. The molecule has 2 atom stereocenters. The van der Waals surface area contributed by atoms with Crippen LogP contribution in [0.2, 0.25) is 0 Å². The molecule has 2 N–H and O–H groups in total. The summed E-state index contributed by atoms with van der Waals surface area (Å²) < 4.78 is 5.63. The monoisotopic (exact) mass is 249 g/mol. The highest BCUT2D eigenvalue weighted by Crippen LogP contribution is 2.24. The van der Waals surface area contributed by atoms with Gasteiger partial charge >= 0.3 is 0 Å². The number of ether oxygens (including phenoxy) is 1. The second-order valence-corrected chi connectivity index (χ2v) is 4.93. The van der Waals surface area contributed by atoms with Gasteiger partial charge in [0.05, 0.1) is 12.1 Å². The van der Waals surface area contributed by atoms with Crippen LogP contribution in [0.25, 0.3) is 0 Å². The van der Waals surface area contributed by atoms with Crippen LogP contribution >= 0.6 is 0 Å². The standard InChI is InChI=1S/C14H23N3O/c1-4-12-7-11(9-15)8-14(16-12)17(3)13-5-6-18-10(13)2/h7-8,10,13H,4-6,9,15H2,1-3H3. The van der Waals surface area contributed by atoms with E-state index in [0.717, 1.165) is 36.5 Å². The molecule has 2 unspecified atom stereocenters. The average molecular weight is 249 g/mol. The molecule has 1 aromatic heterocycles. The van der Waals surface area contributed by atoms with Crippen molar-refractivity contribution in [2.75, 3.05) is 18.6 Å². The SMILES string of the molecule is CCc1cc(CN)cc(N(C)C2CCOC2C)n1. The van der Waals surface area contributed by atoms with Gasteiger partial charge in [-0.15, -0.1) is 0 Å². The summed E-state index contributed by atoms with van der Waals surface area (Å²) in [6.07, 6.45) is 2.27. The van der Waals surface area contributed by atoms with Crippen molar-refractivity contribution < 1.29 is 4.74 Å². The number of likely N-dealkylation sites (N-methyl/N-ethyl adjacent to an activating group) is 1. The minimum Gasteiger partial charge on any atom is -0.376 e. The van der Waals surface area contributed by atoms with Crippen LogP contribution in [0.3, 0.4) is 0 Å². The van der Waals surface area contributed by atoms with Crippen molar-refractivity contribution in [3.63, 3.8) is 0 Å². The molecule has 4 heteroatoms. The molecule has 1 saturated heterocycles. The second-order valence-electron chi connectivity index (χ2n) is 4.93. The third-order valence-electron chi connectivity index (χ3n) is 3.72. The van der Waals surface area contributed by atoms with Crippen LogP contribution in [0.5, 0.6) is 0 Å². The van der Waals surface area contributed by atoms with Crippen molar-refractivity contribution in [1.29, 1.82) is 0 Å². The van der Waals surface area contributed by atoms with E-state index >= 15 is 0 Å². The van der Waals surface area contributed by atoms with E-state index in [2.05, 4.69) is 37.9 Å². The zero-order valence-corrected chi connectivity index (χ0v) is 11.5. The Morgan fingerprint density at radius 3 is 2.83 bits per heavy atom. The molecule has 2 heterocycles. The fraction of sp³-hybridized carbons (Fsp3) is 0.643. The molecule has 1 aliphatic heterocycles. The number of aromatic nitrogens is 1. The third-order valence-corrected chi connectivity index (χ3v) is 3.72. The van der Waals surface area contributed by atoms with Crippen LogP contribution in [0.15, 0.2) is 12.1 Å². The van der Waals surface area contributed by atoms with Gasteiger partial charge in [-0.2, -0.15) is 0 Å². The van der Waals surface area contributed by atoms with Gasteiger partial charge in [0.25, 0.3) is 0 Å². The molecular weight excluding hydrogens is 226 g/mol. The Labute approximate surface area is 109 Å². The zero-order chi connectivity index (χ0) is 13.1. The Balaban J connectivity index is 2.25. The molecule has 1 aromatic rings. The van der Waals surface area contributed by atoms with E-state index in [-0.39, 0.29) is 6.10 Å². The number of anilines is 1. The first-order valence-corrected chi connectivity index (χ1v) is 6.70. The largest absolute Gasteiger partial charge is 0.376 e. The molecule has 2 rings (SSSR count). The van der Waals surface area contributed by atoms with Crippen molar-refractivity contribution in [2.24, 2.45) is 5.73 Å². The Bertz CT molecular complexity index is 386. The summed E-state index contributed by atoms with van der Waals surface area (Å²) in [6.45, 7) is 5.65. The number of nitrogens with two attached hydrogens (primary N) is 1. The molecule has 0 radical (unpaired) electrons. The quantitative estimate of drug-likeness (QED) is 0.882. The number of nitrogens with zero attached hydrogens (tertiary/aromatic N) is 2. The first kappa shape index (κ1) is 13.3. The van der Waals surface area contributed by atoms with Crippen LogP contribution in [0, 0.1) is 0 Å². The van der Waals surface area contributed by atoms with Crippen molar-refractivity contribution in [2.45, 2.75) is 45.4 Å². The molecule has 1 fully saturated rings. The summed E-state index contributed by atoms with van der Waals surface area (Å²) in [7, 11) is 2.10. The Kier molecular flexibility index (Phi) is 4.19. The van der Waals surface area contributed by atoms with Gasteiger partial charge in [-0.1, -0.05) is 6.92 Å². The summed E-state index contributed by atoms with van der Waals surface area (Å²) in [6, 6.07) is 4.59. The van der Waals surface area contributed by atoms with E-state index in [1.807, 2.05) is 0 Å².